The fourth-order valence-corrected chi connectivity index (χ4v) is 3.81. The molecule has 24 heavy (non-hydrogen) atoms. The van der Waals surface area contributed by atoms with Gasteiger partial charge in [0.05, 0.1) is 18.0 Å². The van der Waals surface area contributed by atoms with Crippen molar-refractivity contribution in [3.63, 3.8) is 0 Å². The Balaban J connectivity index is 1.68. The van der Waals surface area contributed by atoms with Crippen LogP contribution in [0.25, 0.3) is 5.69 Å². The highest BCUT2D eigenvalue weighted by atomic mass is 32.2. The Hall–Kier alpha value is -1.86. The molecule has 0 unspecified atom stereocenters. The molecule has 1 amide bonds. The predicted octanol–water partition coefficient (Wildman–Crippen LogP) is 2.30. The molecule has 7 heteroatoms. The molecule has 128 valence electrons. The topological polar surface area (TPSA) is 60.3 Å². The zero-order chi connectivity index (χ0) is 17.1. The third-order valence-corrected chi connectivity index (χ3v) is 4.82. The van der Waals surface area contributed by atoms with Gasteiger partial charge in [0, 0.05) is 18.8 Å². The number of benzene rings is 1. The van der Waals surface area contributed by atoms with Crippen LogP contribution in [0.2, 0.25) is 0 Å². The Bertz CT molecular complexity index is 694. The van der Waals surface area contributed by atoms with Gasteiger partial charge in [-0.1, -0.05) is 30.0 Å². The zero-order valence-corrected chi connectivity index (χ0v) is 15.0. The van der Waals surface area contributed by atoms with E-state index in [1.54, 1.807) is 0 Å². The summed E-state index contributed by atoms with van der Waals surface area (Å²) in [6.07, 6.45) is 0.163. The molecule has 2 heterocycles. The van der Waals surface area contributed by atoms with Crippen LogP contribution in [0.4, 0.5) is 0 Å². The summed E-state index contributed by atoms with van der Waals surface area (Å²) in [7, 11) is 0. The second-order valence-electron chi connectivity index (χ2n) is 6.05. The molecule has 2 aromatic rings. The maximum atomic E-state index is 12.5. The molecule has 1 aromatic carbocycles. The zero-order valence-electron chi connectivity index (χ0n) is 14.2. The van der Waals surface area contributed by atoms with Crippen LogP contribution in [0.5, 0.6) is 0 Å². The molecule has 0 aliphatic carbocycles. The van der Waals surface area contributed by atoms with Gasteiger partial charge >= 0.3 is 0 Å². The van der Waals surface area contributed by atoms with Gasteiger partial charge in [-0.3, -0.25) is 9.36 Å². The summed E-state index contributed by atoms with van der Waals surface area (Å²) >= 11 is 1.42. The lowest BCUT2D eigenvalue weighted by atomic mass is 10.2. The van der Waals surface area contributed by atoms with Crippen molar-refractivity contribution in [2.24, 2.45) is 0 Å². The van der Waals surface area contributed by atoms with Crippen molar-refractivity contribution in [1.29, 1.82) is 0 Å². The van der Waals surface area contributed by atoms with E-state index in [1.807, 2.05) is 60.6 Å². The number of morpholine rings is 1. The van der Waals surface area contributed by atoms with Crippen LogP contribution in [0, 0.1) is 6.92 Å². The molecule has 1 fully saturated rings. The molecule has 3 rings (SSSR count). The Labute approximate surface area is 146 Å². The lowest BCUT2D eigenvalue weighted by molar-refractivity contribution is -0.140. The minimum absolute atomic E-state index is 0.0814. The minimum atomic E-state index is 0.0814. The second-order valence-corrected chi connectivity index (χ2v) is 6.99. The van der Waals surface area contributed by atoms with Crippen LogP contribution < -0.4 is 0 Å². The number of amides is 1. The summed E-state index contributed by atoms with van der Waals surface area (Å²) in [5.74, 6) is 1.27. The van der Waals surface area contributed by atoms with Gasteiger partial charge in [-0.25, -0.2) is 0 Å². The van der Waals surface area contributed by atoms with Gasteiger partial charge in [0.1, 0.15) is 5.82 Å². The Morgan fingerprint density at radius 3 is 2.54 bits per heavy atom. The highest BCUT2D eigenvalue weighted by molar-refractivity contribution is 7.99. The highest BCUT2D eigenvalue weighted by Gasteiger charge is 2.26. The number of ether oxygens (including phenoxy) is 1. The highest BCUT2D eigenvalue weighted by Crippen LogP contribution is 2.22. The average molecular weight is 346 g/mol. The number of aryl methyl sites for hydroxylation is 1. The van der Waals surface area contributed by atoms with E-state index in [1.165, 1.54) is 11.8 Å². The number of rotatable bonds is 4. The number of carbonyl (C=O) groups is 1. The van der Waals surface area contributed by atoms with Crippen molar-refractivity contribution in [1.82, 2.24) is 19.7 Å². The molecular formula is C17H22N4O2S. The van der Waals surface area contributed by atoms with Gasteiger partial charge in [-0.2, -0.15) is 0 Å². The van der Waals surface area contributed by atoms with Crippen molar-refractivity contribution in [2.75, 3.05) is 18.8 Å². The van der Waals surface area contributed by atoms with E-state index in [4.69, 9.17) is 4.74 Å². The van der Waals surface area contributed by atoms with Gasteiger partial charge < -0.3 is 9.64 Å². The first-order valence-electron chi connectivity index (χ1n) is 8.08. The first-order chi connectivity index (χ1) is 11.5. The third kappa shape index (κ3) is 3.79. The Morgan fingerprint density at radius 1 is 1.21 bits per heavy atom. The molecule has 6 nitrogen and oxygen atoms in total. The van der Waals surface area contributed by atoms with E-state index in [0.29, 0.717) is 18.8 Å². The molecule has 1 saturated heterocycles. The van der Waals surface area contributed by atoms with Gasteiger partial charge in [-0.05, 0) is 32.9 Å². The lowest BCUT2D eigenvalue weighted by Gasteiger charge is -2.35. The summed E-state index contributed by atoms with van der Waals surface area (Å²) in [6, 6.07) is 9.94. The van der Waals surface area contributed by atoms with Gasteiger partial charge in [-0.15, -0.1) is 10.2 Å². The van der Waals surface area contributed by atoms with Crippen molar-refractivity contribution in [3.8, 4) is 5.69 Å². The fourth-order valence-electron chi connectivity index (χ4n) is 2.91. The summed E-state index contributed by atoms with van der Waals surface area (Å²) in [5, 5.41) is 9.11. The molecule has 0 bridgehead atoms. The van der Waals surface area contributed by atoms with Gasteiger partial charge in [0.25, 0.3) is 0 Å². The van der Waals surface area contributed by atoms with Crippen LogP contribution in [0.15, 0.2) is 35.5 Å². The third-order valence-electron chi connectivity index (χ3n) is 3.91. The molecule has 0 spiro atoms. The number of hydrogen-bond acceptors (Lipinski definition) is 5. The first kappa shape index (κ1) is 17.0. The van der Waals surface area contributed by atoms with E-state index in [-0.39, 0.29) is 18.1 Å². The van der Waals surface area contributed by atoms with Crippen LogP contribution in [0.3, 0.4) is 0 Å². The van der Waals surface area contributed by atoms with Gasteiger partial charge in [0.15, 0.2) is 5.16 Å². The normalized spacial score (nSPS) is 21.0. The first-order valence-corrected chi connectivity index (χ1v) is 9.06. The molecule has 0 saturated carbocycles. The van der Waals surface area contributed by atoms with Crippen molar-refractivity contribution in [3.05, 3.63) is 36.2 Å². The Kier molecular flexibility index (Phi) is 5.20. The van der Waals surface area contributed by atoms with Crippen LogP contribution in [-0.4, -0.2) is 56.6 Å². The largest absolute Gasteiger partial charge is 0.372 e. The fraction of sp³-hybridized carbons (Fsp3) is 0.471. The van der Waals surface area contributed by atoms with E-state index in [0.717, 1.165) is 16.7 Å². The molecule has 1 aliphatic heterocycles. The minimum Gasteiger partial charge on any atom is -0.372 e. The summed E-state index contributed by atoms with van der Waals surface area (Å²) in [4.78, 5) is 14.4. The molecule has 0 radical (unpaired) electrons. The number of aromatic nitrogens is 3. The van der Waals surface area contributed by atoms with E-state index >= 15 is 0 Å². The van der Waals surface area contributed by atoms with Gasteiger partial charge in [0.2, 0.25) is 5.91 Å². The maximum Gasteiger partial charge on any atom is 0.233 e. The van der Waals surface area contributed by atoms with Crippen molar-refractivity contribution >= 4 is 17.7 Å². The molecular weight excluding hydrogens is 324 g/mol. The summed E-state index contributed by atoms with van der Waals surface area (Å²) in [5.41, 5.74) is 1.00. The molecule has 1 aliphatic rings. The lowest BCUT2D eigenvalue weighted by Crippen LogP contribution is -2.48. The molecule has 0 N–H and O–H groups in total. The maximum absolute atomic E-state index is 12.5. The second kappa shape index (κ2) is 7.36. The smallest absolute Gasteiger partial charge is 0.233 e. The quantitative estimate of drug-likeness (QED) is 0.795. The summed E-state index contributed by atoms with van der Waals surface area (Å²) in [6.45, 7) is 7.20. The monoisotopic (exact) mass is 346 g/mol. The van der Waals surface area contributed by atoms with Crippen LogP contribution in [-0.2, 0) is 9.53 Å². The molecule has 2 atom stereocenters. The van der Waals surface area contributed by atoms with Crippen molar-refractivity contribution < 1.29 is 9.53 Å². The SMILES string of the molecule is Cc1nnc(SCC(=O)N2C[C@@H](C)O[C@H](C)C2)n1-c1ccccc1. The number of nitrogens with zero attached hydrogens (tertiary/aromatic N) is 4. The number of carbonyl (C=O) groups excluding carboxylic acids is 1. The predicted molar refractivity (Wildman–Crippen MR) is 93.4 cm³/mol. The Morgan fingerprint density at radius 2 is 1.88 bits per heavy atom. The van der Waals surface area contributed by atoms with E-state index in [2.05, 4.69) is 10.2 Å². The standard InChI is InChI=1S/C17H22N4O2S/c1-12-9-20(10-13(2)23-12)16(22)11-24-17-19-18-14(3)21(17)15-7-5-4-6-8-15/h4-8,12-13H,9-11H2,1-3H3/t12-,13-/m1/s1. The van der Waals surface area contributed by atoms with E-state index < -0.39 is 0 Å². The van der Waals surface area contributed by atoms with Crippen LogP contribution in [0.1, 0.15) is 19.7 Å². The number of para-hydroxylation sites is 1. The molecule has 1 aromatic heterocycles. The number of hydrogen-bond donors (Lipinski definition) is 0. The van der Waals surface area contributed by atoms with Crippen molar-refractivity contribution in [2.45, 2.75) is 38.1 Å². The van der Waals surface area contributed by atoms with Crippen LogP contribution >= 0.6 is 11.8 Å². The van der Waals surface area contributed by atoms with E-state index in [9.17, 15) is 4.79 Å². The number of thioether (sulfide) groups is 1. The average Bonchev–Trinajstić information content (AvgIpc) is 2.93. The summed E-state index contributed by atoms with van der Waals surface area (Å²) < 4.78 is 7.66.